The number of carboxylic acid groups (broad SMARTS) is 1. The summed E-state index contributed by atoms with van der Waals surface area (Å²) in [6.07, 6.45) is 2.46. The standard InChI is InChI=1S/C19H22N2O2S.C2HF3O2/c1-2-9-23-18-5-8-21(19(22)12-16-6-10-24-14-16)17(18)11-15-4-3-7-20-13-15;3-2(4,5)1(6)7/h2-4,6-7,10,13-14,17-18H,1,5,8-9,11-12H2;(H,6,7)/t17-,18+;/m0./s1. The van der Waals surface area contributed by atoms with Crippen LogP contribution in [0.4, 0.5) is 13.2 Å². The number of rotatable bonds is 7. The first-order chi connectivity index (χ1) is 14.7. The predicted octanol–water partition coefficient (Wildman–Crippen LogP) is 3.73. The summed E-state index contributed by atoms with van der Waals surface area (Å²) in [5, 5.41) is 11.2. The number of nitrogens with zero attached hydrogens (tertiary/aromatic N) is 2. The molecule has 10 heteroatoms. The fourth-order valence-electron chi connectivity index (χ4n) is 3.19. The Morgan fingerprint density at radius 1 is 1.35 bits per heavy atom. The van der Waals surface area contributed by atoms with Crippen LogP contribution in [0.3, 0.4) is 0 Å². The highest BCUT2D eigenvalue weighted by atomic mass is 32.1. The maximum Gasteiger partial charge on any atom is 0.490 e. The van der Waals surface area contributed by atoms with Gasteiger partial charge in [-0.1, -0.05) is 12.1 Å². The van der Waals surface area contributed by atoms with E-state index in [1.807, 2.05) is 34.0 Å². The lowest BCUT2D eigenvalue weighted by molar-refractivity contribution is -0.192. The van der Waals surface area contributed by atoms with Gasteiger partial charge in [0.15, 0.2) is 0 Å². The van der Waals surface area contributed by atoms with Crippen LogP contribution in [-0.2, 0) is 27.2 Å². The van der Waals surface area contributed by atoms with Crippen LogP contribution in [0.1, 0.15) is 17.5 Å². The van der Waals surface area contributed by atoms with Gasteiger partial charge in [0.1, 0.15) is 0 Å². The Bertz CT molecular complexity index is 844. The number of carbonyl (C=O) groups is 2. The van der Waals surface area contributed by atoms with Crippen molar-refractivity contribution in [1.82, 2.24) is 9.88 Å². The SMILES string of the molecule is C=CCO[C@@H]1CCN(C(=O)Cc2ccsc2)[C@H]1Cc1cccnc1.O=C(O)C(F)(F)F. The van der Waals surface area contributed by atoms with Crippen LogP contribution in [0, 0.1) is 0 Å². The van der Waals surface area contributed by atoms with Crippen LogP contribution in [0.25, 0.3) is 0 Å². The molecule has 1 N–H and O–H groups in total. The molecule has 0 bridgehead atoms. The number of ether oxygens (including phenoxy) is 1. The molecular weight excluding hydrogens is 433 g/mol. The molecule has 1 fully saturated rings. The van der Waals surface area contributed by atoms with Crippen molar-refractivity contribution >= 4 is 23.2 Å². The fraction of sp³-hybridized carbons (Fsp3) is 0.381. The molecule has 0 spiro atoms. The maximum atomic E-state index is 12.8. The summed E-state index contributed by atoms with van der Waals surface area (Å²) in [7, 11) is 0. The zero-order valence-corrected chi connectivity index (χ0v) is 17.4. The molecule has 1 saturated heterocycles. The van der Waals surface area contributed by atoms with Gasteiger partial charge < -0.3 is 14.7 Å². The monoisotopic (exact) mass is 456 g/mol. The molecule has 2 aromatic heterocycles. The predicted molar refractivity (Wildman–Crippen MR) is 110 cm³/mol. The summed E-state index contributed by atoms with van der Waals surface area (Å²) in [4.78, 5) is 27.8. The second-order valence-corrected chi connectivity index (χ2v) is 7.56. The molecule has 6 nitrogen and oxygen atoms in total. The summed E-state index contributed by atoms with van der Waals surface area (Å²) >= 11 is 1.62. The third-order valence-corrected chi connectivity index (χ3v) is 5.31. The summed E-state index contributed by atoms with van der Waals surface area (Å²) in [6.45, 7) is 4.98. The van der Waals surface area contributed by atoms with Gasteiger partial charge >= 0.3 is 12.1 Å². The molecule has 2 aromatic rings. The molecule has 0 radical (unpaired) electrons. The maximum absolute atomic E-state index is 12.8. The molecule has 0 aliphatic carbocycles. The number of carboxylic acids is 1. The number of pyridine rings is 1. The van der Waals surface area contributed by atoms with E-state index in [1.165, 1.54) is 0 Å². The lowest BCUT2D eigenvalue weighted by atomic mass is 10.0. The first-order valence-electron chi connectivity index (χ1n) is 9.44. The van der Waals surface area contributed by atoms with E-state index in [1.54, 1.807) is 23.6 Å². The Kier molecular flexibility index (Phi) is 9.20. The molecule has 3 heterocycles. The smallest absolute Gasteiger partial charge is 0.475 e. The highest BCUT2D eigenvalue weighted by Crippen LogP contribution is 2.25. The van der Waals surface area contributed by atoms with Crippen molar-refractivity contribution in [2.75, 3.05) is 13.2 Å². The molecule has 0 saturated carbocycles. The minimum absolute atomic E-state index is 0.0506. The van der Waals surface area contributed by atoms with Crippen LogP contribution in [-0.4, -0.2) is 58.3 Å². The van der Waals surface area contributed by atoms with Crippen molar-refractivity contribution < 1.29 is 32.6 Å². The van der Waals surface area contributed by atoms with E-state index < -0.39 is 12.1 Å². The molecule has 3 rings (SSSR count). The largest absolute Gasteiger partial charge is 0.490 e. The molecule has 0 aromatic carbocycles. The van der Waals surface area contributed by atoms with Crippen molar-refractivity contribution in [1.29, 1.82) is 0 Å². The van der Waals surface area contributed by atoms with E-state index in [0.717, 1.165) is 30.5 Å². The highest BCUT2D eigenvalue weighted by Gasteiger charge is 2.38. The zero-order valence-electron chi connectivity index (χ0n) is 16.6. The Balaban J connectivity index is 0.000000423. The van der Waals surface area contributed by atoms with Crippen molar-refractivity contribution in [2.45, 2.75) is 37.6 Å². The number of aromatic nitrogens is 1. The molecule has 168 valence electrons. The number of amides is 1. The number of hydrogen-bond acceptors (Lipinski definition) is 5. The normalized spacial score (nSPS) is 18.2. The average Bonchev–Trinajstić information content (AvgIpc) is 3.37. The van der Waals surface area contributed by atoms with E-state index in [0.29, 0.717) is 13.0 Å². The van der Waals surface area contributed by atoms with Crippen LogP contribution in [0.5, 0.6) is 0 Å². The van der Waals surface area contributed by atoms with Gasteiger partial charge in [-0.25, -0.2) is 4.79 Å². The van der Waals surface area contributed by atoms with E-state index in [-0.39, 0.29) is 18.1 Å². The minimum atomic E-state index is -5.08. The average molecular weight is 456 g/mol. The summed E-state index contributed by atoms with van der Waals surface area (Å²) in [5.41, 5.74) is 2.21. The highest BCUT2D eigenvalue weighted by molar-refractivity contribution is 7.08. The van der Waals surface area contributed by atoms with Gasteiger partial charge in [-0.15, -0.1) is 6.58 Å². The quantitative estimate of drug-likeness (QED) is 0.643. The van der Waals surface area contributed by atoms with Crippen molar-refractivity contribution in [3.63, 3.8) is 0 Å². The Morgan fingerprint density at radius 3 is 2.65 bits per heavy atom. The van der Waals surface area contributed by atoms with Crippen LogP contribution >= 0.6 is 11.3 Å². The van der Waals surface area contributed by atoms with Gasteiger partial charge in [0, 0.05) is 18.9 Å². The van der Waals surface area contributed by atoms with Gasteiger partial charge in [-0.3, -0.25) is 9.78 Å². The topological polar surface area (TPSA) is 79.7 Å². The third-order valence-electron chi connectivity index (χ3n) is 4.58. The third kappa shape index (κ3) is 7.80. The van der Waals surface area contributed by atoms with Gasteiger partial charge in [-0.05, 0) is 46.9 Å². The molecule has 1 aliphatic heterocycles. The lowest BCUT2D eigenvalue weighted by Gasteiger charge is -2.28. The summed E-state index contributed by atoms with van der Waals surface area (Å²) in [5.74, 6) is -2.58. The van der Waals surface area contributed by atoms with Crippen molar-refractivity contribution in [3.05, 3.63) is 65.1 Å². The van der Waals surface area contributed by atoms with Gasteiger partial charge in [0.2, 0.25) is 5.91 Å². The second-order valence-electron chi connectivity index (χ2n) is 6.78. The van der Waals surface area contributed by atoms with E-state index in [9.17, 15) is 18.0 Å². The zero-order chi connectivity index (χ0) is 22.9. The Morgan fingerprint density at radius 2 is 2.10 bits per heavy atom. The Hall–Kier alpha value is -2.72. The molecule has 1 amide bonds. The molecule has 2 atom stereocenters. The summed E-state index contributed by atoms with van der Waals surface area (Å²) in [6, 6.07) is 6.06. The minimum Gasteiger partial charge on any atom is -0.475 e. The van der Waals surface area contributed by atoms with Gasteiger partial charge in [0.05, 0.1) is 25.2 Å². The first-order valence-corrected chi connectivity index (χ1v) is 10.4. The molecule has 1 aliphatic rings. The van der Waals surface area contributed by atoms with Crippen LogP contribution in [0.2, 0.25) is 0 Å². The van der Waals surface area contributed by atoms with Crippen molar-refractivity contribution in [2.24, 2.45) is 0 Å². The number of halogens is 3. The lowest BCUT2D eigenvalue weighted by Crippen LogP contribution is -2.42. The van der Waals surface area contributed by atoms with Crippen LogP contribution in [0.15, 0.2) is 54.0 Å². The second kappa shape index (κ2) is 11.6. The molecule has 31 heavy (non-hydrogen) atoms. The summed E-state index contributed by atoms with van der Waals surface area (Å²) < 4.78 is 37.7. The van der Waals surface area contributed by atoms with Crippen molar-refractivity contribution in [3.8, 4) is 0 Å². The number of aliphatic carboxylic acids is 1. The fourth-order valence-corrected chi connectivity index (χ4v) is 3.86. The van der Waals surface area contributed by atoms with E-state index in [4.69, 9.17) is 14.6 Å². The molecule has 0 unspecified atom stereocenters. The number of carbonyl (C=O) groups excluding carboxylic acids is 1. The number of likely N-dealkylation sites (tertiary alicyclic amines) is 1. The van der Waals surface area contributed by atoms with Gasteiger partial charge in [-0.2, -0.15) is 24.5 Å². The Labute approximate surface area is 182 Å². The van der Waals surface area contributed by atoms with E-state index >= 15 is 0 Å². The van der Waals surface area contributed by atoms with Gasteiger partial charge in [0.25, 0.3) is 0 Å². The van der Waals surface area contributed by atoms with E-state index in [2.05, 4.69) is 17.6 Å². The molecular formula is C21H23F3N2O4S. The number of thiophene rings is 1. The van der Waals surface area contributed by atoms with Crippen LogP contribution < -0.4 is 0 Å². The first kappa shape index (κ1) is 24.5. The number of alkyl halides is 3. The number of hydrogen-bond donors (Lipinski definition) is 1.